The molecule has 0 N–H and O–H groups in total. The fourth-order valence-corrected chi connectivity index (χ4v) is 2.19. The molecular formula is C17H23NO4. The van der Waals surface area contributed by atoms with Gasteiger partial charge in [0.2, 0.25) is 11.7 Å². The van der Waals surface area contributed by atoms with Crippen molar-refractivity contribution in [2.24, 2.45) is 0 Å². The first-order valence-corrected chi connectivity index (χ1v) is 7.40. The Morgan fingerprint density at radius 3 is 2.32 bits per heavy atom. The van der Waals surface area contributed by atoms with E-state index in [9.17, 15) is 14.4 Å². The van der Waals surface area contributed by atoms with Crippen LogP contribution in [0.3, 0.4) is 0 Å². The molecule has 0 fully saturated rings. The highest BCUT2D eigenvalue weighted by atomic mass is 16.5. The number of benzene rings is 1. The lowest BCUT2D eigenvalue weighted by Gasteiger charge is -2.26. The van der Waals surface area contributed by atoms with Gasteiger partial charge in [-0.3, -0.25) is 9.59 Å². The van der Waals surface area contributed by atoms with Crippen LogP contribution < -0.4 is 0 Å². The van der Waals surface area contributed by atoms with Gasteiger partial charge in [-0.1, -0.05) is 30.3 Å². The lowest BCUT2D eigenvalue weighted by atomic mass is 10.1. The predicted molar refractivity (Wildman–Crippen MR) is 83.3 cm³/mol. The molecule has 0 aliphatic rings. The highest BCUT2D eigenvalue weighted by molar-refractivity contribution is 6.36. The number of carbonyl (C=O) groups excluding carboxylic acids is 3. The molecule has 0 bridgehead atoms. The fraction of sp³-hybridized carbons (Fsp3) is 0.471. The van der Waals surface area contributed by atoms with Crippen LogP contribution in [0.5, 0.6) is 0 Å². The van der Waals surface area contributed by atoms with Gasteiger partial charge in [0.15, 0.2) is 0 Å². The van der Waals surface area contributed by atoms with Gasteiger partial charge in [-0.05, 0) is 32.3 Å². The van der Waals surface area contributed by atoms with Crippen molar-refractivity contribution >= 4 is 17.7 Å². The molecule has 5 heteroatoms. The van der Waals surface area contributed by atoms with E-state index in [0.29, 0.717) is 6.54 Å². The molecule has 0 aromatic heterocycles. The number of Topliss-reactive ketones (excluding diaryl/α,β-unsaturated/α-hetero) is 1. The maximum atomic E-state index is 12.2. The Morgan fingerprint density at radius 1 is 1.14 bits per heavy atom. The summed E-state index contributed by atoms with van der Waals surface area (Å²) in [6, 6.07) is 10.00. The second-order valence-corrected chi connectivity index (χ2v) is 5.36. The smallest absolute Gasteiger partial charge is 0.374 e. The average molecular weight is 305 g/mol. The number of nitrogens with zero attached hydrogens (tertiary/aromatic N) is 1. The van der Waals surface area contributed by atoms with Gasteiger partial charge < -0.3 is 9.64 Å². The van der Waals surface area contributed by atoms with Crippen molar-refractivity contribution in [1.29, 1.82) is 0 Å². The quantitative estimate of drug-likeness (QED) is 0.418. The SMILES string of the molecule is COC(=O)C(=O)CC(=O)N(CCCc1ccccc1)C(C)C. The molecule has 22 heavy (non-hydrogen) atoms. The Hall–Kier alpha value is -2.17. The average Bonchev–Trinajstić information content (AvgIpc) is 2.51. The zero-order valence-electron chi connectivity index (χ0n) is 13.4. The minimum absolute atomic E-state index is 0.0197. The Balaban J connectivity index is 2.52. The van der Waals surface area contributed by atoms with Gasteiger partial charge in [0.05, 0.1) is 13.5 Å². The highest BCUT2D eigenvalue weighted by Crippen LogP contribution is 2.08. The minimum Gasteiger partial charge on any atom is -0.463 e. The number of aryl methyl sites for hydroxylation is 1. The highest BCUT2D eigenvalue weighted by Gasteiger charge is 2.23. The number of ketones is 1. The largest absolute Gasteiger partial charge is 0.463 e. The van der Waals surface area contributed by atoms with Crippen molar-refractivity contribution in [1.82, 2.24) is 4.90 Å². The van der Waals surface area contributed by atoms with Gasteiger partial charge >= 0.3 is 5.97 Å². The van der Waals surface area contributed by atoms with E-state index in [4.69, 9.17) is 0 Å². The molecule has 1 aromatic rings. The first-order valence-electron chi connectivity index (χ1n) is 7.40. The van der Waals surface area contributed by atoms with Crippen LogP contribution in [-0.2, 0) is 25.5 Å². The molecule has 0 atom stereocenters. The number of hydrogen-bond donors (Lipinski definition) is 0. The lowest BCUT2D eigenvalue weighted by Crippen LogP contribution is -2.39. The van der Waals surface area contributed by atoms with Crippen LogP contribution in [0.15, 0.2) is 30.3 Å². The fourth-order valence-electron chi connectivity index (χ4n) is 2.19. The maximum absolute atomic E-state index is 12.2. The van der Waals surface area contributed by atoms with Crippen molar-refractivity contribution in [3.8, 4) is 0 Å². The Morgan fingerprint density at radius 2 is 1.77 bits per heavy atom. The zero-order valence-corrected chi connectivity index (χ0v) is 13.4. The molecule has 0 aliphatic carbocycles. The van der Waals surface area contributed by atoms with Gasteiger partial charge in [0.25, 0.3) is 0 Å². The van der Waals surface area contributed by atoms with Crippen molar-refractivity contribution < 1.29 is 19.1 Å². The number of esters is 1. The topological polar surface area (TPSA) is 63.7 Å². The van der Waals surface area contributed by atoms with Crippen LogP contribution in [-0.4, -0.2) is 42.3 Å². The summed E-state index contributed by atoms with van der Waals surface area (Å²) in [6.07, 6.45) is 1.23. The number of carbonyl (C=O) groups is 3. The van der Waals surface area contributed by atoms with E-state index in [1.807, 2.05) is 44.2 Å². The first-order chi connectivity index (χ1) is 10.5. The van der Waals surface area contributed by atoms with E-state index < -0.39 is 18.2 Å². The summed E-state index contributed by atoms with van der Waals surface area (Å²) in [5.41, 5.74) is 1.21. The molecule has 0 saturated heterocycles. The lowest BCUT2D eigenvalue weighted by molar-refractivity contribution is -0.154. The summed E-state index contributed by atoms with van der Waals surface area (Å²) < 4.78 is 4.33. The predicted octanol–water partition coefficient (Wildman–Crippen LogP) is 1.99. The molecular weight excluding hydrogens is 282 g/mol. The molecule has 1 amide bonds. The van der Waals surface area contributed by atoms with Crippen molar-refractivity contribution in [2.75, 3.05) is 13.7 Å². The third-order valence-corrected chi connectivity index (χ3v) is 3.38. The summed E-state index contributed by atoms with van der Waals surface area (Å²) in [5, 5.41) is 0. The van der Waals surface area contributed by atoms with Crippen LogP contribution in [0.1, 0.15) is 32.3 Å². The summed E-state index contributed by atoms with van der Waals surface area (Å²) in [6.45, 7) is 4.34. The van der Waals surface area contributed by atoms with Gasteiger partial charge in [-0.2, -0.15) is 0 Å². The number of ether oxygens (including phenoxy) is 1. The molecule has 0 unspecified atom stereocenters. The van der Waals surface area contributed by atoms with Gasteiger partial charge in [-0.25, -0.2) is 4.79 Å². The Kier molecular flexibility index (Phi) is 7.29. The Labute approximate surface area is 131 Å². The molecule has 120 valence electrons. The van der Waals surface area contributed by atoms with E-state index in [-0.39, 0.29) is 11.9 Å². The van der Waals surface area contributed by atoms with Crippen LogP contribution in [0, 0.1) is 0 Å². The molecule has 5 nitrogen and oxygen atoms in total. The standard InChI is InChI=1S/C17H23NO4/c1-13(2)18(16(20)12-15(19)17(21)22-3)11-7-10-14-8-5-4-6-9-14/h4-6,8-9,13H,7,10-12H2,1-3H3. The second kappa shape index (κ2) is 8.97. The van der Waals surface area contributed by atoms with Crippen molar-refractivity contribution in [2.45, 2.75) is 39.2 Å². The molecule has 0 saturated carbocycles. The monoisotopic (exact) mass is 305 g/mol. The summed E-state index contributed by atoms with van der Waals surface area (Å²) in [5.74, 6) is -2.11. The second-order valence-electron chi connectivity index (χ2n) is 5.36. The summed E-state index contributed by atoms with van der Waals surface area (Å²) in [4.78, 5) is 36.4. The number of methoxy groups -OCH3 is 1. The molecule has 1 aromatic carbocycles. The Bertz CT molecular complexity index is 511. The third kappa shape index (κ3) is 5.68. The number of amides is 1. The number of hydrogen-bond acceptors (Lipinski definition) is 4. The van der Waals surface area contributed by atoms with Crippen LogP contribution in [0.2, 0.25) is 0 Å². The van der Waals surface area contributed by atoms with Gasteiger partial charge in [-0.15, -0.1) is 0 Å². The summed E-state index contributed by atoms with van der Waals surface area (Å²) >= 11 is 0. The third-order valence-electron chi connectivity index (χ3n) is 3.38. The van der Waals surface area contributed by atoms with E-state index in [1.165, 1.54) is 5.56 Å². The molecule has 0 heterocycles. The maximum Gasteiger partial charge on any atom is 0.374 e. The van der Waals surface area contributed by atoms with Gasteiger partial charge in [0, 0.05) is 12.6 Å². The number of rotatable bonds is 8. The molecule has 0 spiro atoms. The summed E-state index contributed by atoms with van der Waals surface area (Å²) in [7, 11) is 1.13. The van der Waals surface area contributed by atoms with Crippen LogP contribution in [0.4, 0.5) is 0 Å². The van der Waals surface area contributed by atoms with E-state index in [1.54, 1.807) is 4.90 Å². The van der Waals surface area contributed by atoms with E-state index >= 15 is 0 Å². The van der Waals surface area contributed by atoms with Crippen LogP contribution in [0.25, 0.3) is 0 Å². The van der Waals surface area contributed by atoms with Crippen LogP contribution >= 0.6 is 0 Å². The normalized spacial score (nSPS) is 10.4. The molecule has 0 radical (unpaired) electrons. The van der Waals surface area contributed by atoms with Crippen molar-refractivity contribution in [3.05, 3.63) is 35.9 Å². The zero-order chi connectivity index (χ0) is 16.5. The minimum atomic E-state index is -0.971. The van der Waals surface area contributed by atoms with E-state index in [0.717, 1.165) is 20.0 Å². The van der Waals surface area contributed by atoms with Gasteiger partial charge in [0.1, 0.15) is 0 Å². The van der Waals surface area contributed by atoms with E-state index in [2.05, 4.69) is 4.74 Å². The van der Waals surface area contributed by atoms with Crippen molar-refractivity contribution in [3.63, 3.8) is 0 Å². The molecule has 1 rings (SSSR count). The first kappa shape index (κ1) is 17.9. The molecule has 0 aliphatic heterocycles.